The molecule has 0 saturated heterocycles. The Morgan fingerprint density at radius 3 is 2.69 bits per heavy atom. The van der Waals surface area contributed by atoms with Gasteiger partial charge < -0.3 is 10.2 Å². The van der Waals surface area contributed by atoms with Gasteiger partial charge in [-0.3, -0.25) is 4.79 Å². The van der Waals surface area contributed by atoms with Crippen molar-refractivity contribution in [1.29, 1.82) is 0 Å². The fraction of sp³-hybridized carbons (Fsp3) is 0.353. The van der Waals surface area contributed by atoms with Crippen molar-refractivity contribution in [1.82, 2.24) is 9.97 Å². The highest BCUT2D eigenvalue weighted by Crippen LogP contribution is 2.36. The molecule has 9 heteroatoms. The number of benzene rings is 1. The minimum atomic E-state index is -4.61. The molecule has 1 heterocycles. The molecule has 2 aromatic rings. The third-order valence-electron chi connectivity index (χ3n) is 3.59. The summed E-state index contributed by atoms with van der Waals surface area (Å²) < 4.78 is 38.7. The third-order valence-corrected chi connectivity index (χ3v) is 3.92. The molecular formula is C17H18ClF3N4O. The summed E-state index contributed by atoms with van der Waals surface area (Å²) in [6, 6.07) is 4.57. The number of hydrogen-bond donors (Lipinski definition) is 1. The van der Waals surface area contributed by atoms with E-state index in [2.05, 4.69) is 22.2 Å². The molecule has 0 aliphatic rings. The SMILES string of the molecule is CCCCN(C)c1nccc(C(=O)Nc2ccc(Cl)c(C(F)(F)F)c2)n1. The zero-order valence-electron chi connectivity index (χ0n) is 14.3. The molecule has 1 aromatic heterocycles. The van der Waals surface area contributed by atoms with E-state index in [-0.39, 0.29) is 11.4 Å². The van der Waals surface area contributed by atoms with Crippen LogP contribution in [0.1, 0.15) is 35.8 Å². The summed E-state index contributed by atoms with van der Waals surface area (Å²) in [6.07, 6.45) is -1.23. The van der Waals surface area contributed by atoms with Crippen LogP contribution in [0.15, 0.2) is 30.5 Å². The van der Waals surface area contributed by atoms with Crippen LogP contribution in [0.4, 0.5) is 24.8 Å². The number of halogens is 4. The van der Waals surface area contributed by atoms with Crippen LogP contribution in [0.5, 0.6) is 0 Å². The first-order valence-electron chi connectivity index (χ1n) is 7.94. The Morgan fingerprint density at radius 2 is 2.04 bits per heavy atom. The molecule has 0 spiro atoms. The van der Waals surface area contributed by atoms with Gasteiger partial charge in [0, 0.05) is 25.5 Å². The van der Waals surface area contributed by atoms with E-state index in [0.717, 1.165) is 31.5 Å². The molecule has 0 atom stereocenters. The first-order chi connectivity index (χ1) is 12.2. The zero-order chi connectivity index (χ0) is 19.3. The monoisotopic (exact) mass is 386 g/mol. The van der Waals surface area contributed by atoms with Crippen LogP contribution in [0, 0.1) is 0 Å². The molecule has 1 N–H and O–H groups in total. The van der Waals surface area contributed by atoms with Crippen LogP contribution in [-0.4, -0.2) is 29.5 Å². The Bertz CT molecular complexity index is 783. The lowest BCUT2D eigenvalue weighted by molar-refractivity contribution is -0.137. The highest BCUT2D eigenvalue weighted by atomic mass is 35.5. The van der Waals surface area contributed by atoms with Gasteiger partial charge in [0.25, 0.3) is 5.91 Å². The summed E-state index contributed by atoms with van der Waals surface area (Å²) in [5.74, 6) is -0.258. The van der Waals surface area contributed by atoms with Crippen molar-refractivity contribution in [2.24, 2.45) is 0 Å². The molecule has 0 unspecified atom stereocenters. The molecule has 5 nitrogen and oxygen atoms in total. The number of hydrogen-bond acceptors (Lipinski definition) is 4. The van der Waals surface area contributed by atoms with Gasteiger partial charge in [0.1, 0.15) is 5.69 Å². The van der Waals surface area contributed by atoms with E-state index in [1.54, 1.807) is 0 Å². The van der Waals surface area contributed by atoms with Crippen LogP contribution >= 0.6 is 11.6 Å². The molecule has 2 rings (SSSR count). The summed E-state index contributed by atoms with van der Waals surface area (Å²) in [5, 5.41) is 1.97. The molecule has 0 fully saturated rings. The lowest BCUT2D eigenvalue weighted by atomic mass is 10.2. The predicted octanol–water partition coefficient (Wildman–Crippen LogP) is 4.64. The van der Waals surface area contributed by atoms with Crippen LogP contribution < -0.4 is 10.2 Å². The number of aromatic nitrogens is 2. The summed E-state index contributed by atoms with van der Waals surface area (Å²) in [4.78, 5) is 22.4. The number of alkyl halides is 3. The number of nitrogens with one attached hydrogen (secondary N) is 1. The van der Waals surface area contributed by atoms with Crippen LogP contribution in [0.2, 0.25) is 5.02 Å². The Balaban J connectivity index is 2.18. The van der Waals surface area contributed by atoms with E-state index in [1.165, 1.54) is 18.3 Å². The molecule has 1 amide bonds. The average molecular weight is 387 g/mol. The Kier molecular flexibility index (Phi) is 6.42. The van der Waals surface area contributed by atoms with Gasteiger partial charge in [0.2, 0.25) is 5.95 Å². The van der Waals surface area contributed by atoms with Crippen LogP contribution in [0.3, 0.4) is 0 Å². The summed E-state index contributed by atoms with van der Waals surface area (Å²) in [5.41, 5.74) is -0.979. The van der Waals surface area contributed by atoms with E-state index < -0.39 is 22.7 Å². The van der Waals surface area contributed by atoms with Crippen molar-refractivity contribution in [2.45, 2.75) is 25.9 Å². The molecule has 0 saturated carbocycles. The number of rotatable bonds is 6. The number of carbonyl (C=O) groups is 1. The Labute approximate surface area is 154 Å². The van der Waals surface area contributed by atoms with Crippen molar-refractivity contribution < 1.29 is 18.0 Å². The topological polar surface area (TPSA) is 58.1 Å². The fourth-order valence-corrected chi connectivity index (χ4v) is 2.39. The molecule has 26 heavy (non-hydrogen) atoms. The second kappa shape index (κ2) is 8.35. The van der Waals surface area contributed by atoms with Gasteiger partial charge in [-0.2, -0.15) is 13.2 Å². The van der Waals surface area contributed by atoms with Gasteiger partial charge in [-0.15, -0.1) is 0 Å². The minimum absolute atomic E-state index is 0.0220. The molecule has 0 bridgehead atoms. The van der Waals surface area contributed by atoms with E-state index >= 15 is 0 Å². The maximum atomic E-state index is 12.9. The second-order valence-electron chi connectivity index (χ2n) is 5.66. The average Bonchev–Trinajstić information content (AvgIpc) is 2.60. The van der Waals surface area contributed by atoms with Crippen LogP contribution in [-0.2, 0) is 6.18 Å². The number of nitrogens with zero attached hydrogens (tertiary/aromatic N) is 3. The zero-order valence-corrected chi connectivity index (χ0v) is 15.0. The van der Waals surface area contributed by atoms with Gasteiger partial charge in [-0.05, 0) is 30.7 Å². The molecule has 140 valence electrons. The predicted molar refractivity (Wildman–Crippen MR) is 94.6 cm³/mol. The first kappa shape index (κ1) is 20.0. The van der Waals surface area contributed by atoms with Crippen molar-refractivity contribution in [2.75, 3.05) is 23.8 Å². The number of anilines is 2. The van der Waals surface area contributed by atoms with Crippen molar-refractivity contribution in [3.8, 4) is 0 Å². The fourth-order valence-electron chi connectivity index (χ4n) is 2.17. The summed E-state index contributed by atoms with van der Waals surface area (Å²) in [7, 11) is 1.81. The maximum Gasteiger partial charge on any atom is 0.417 e. The number of carbonyl (C=O) groups excluding carboxylic acids is 1. The second-order valence-corrected chi connectivity index (χ2v) is 6.07. The van der Waals surface area contributed by atoms with E-state index in [1.807, 2.05) is 11.9 Å². The molecule has 0 aliphatic heterocycles. The third kappa shape index (κ3) is 5.08. The molecular weight excluding hydrogens is 369 g/mol. The standard InChI is InChI=1S/C17H18ClF3N4O/c1-3-4-9-25(2)16-22-8-7-14(24-16)15(26)23-11-5-6-13(18)12(10-11)17(19,20)21/h5-8,10H,3-4,9H2,1-2H3,(H,23,26). The largest absolute Gasteiger partial charge is 0.417 e. The Morgan fingerprint density at radius 1 is 1.31 bits per heavy atom. The van der Waals surface area contributed by atoms with Gasteiger partial charge in [-0.1, -0.05) is 24.9 Å². The van der Waals surface area contributed by atoms with E-state index in [9.17, 15) is 18.0 Å². The van der Waals surface area contributed by atoms with Gasteiger partial charge in [-0.25, -0.2) is 9.97 Å². The number of amides is 1. The summed E-state index contributed by atoms with van der Waals surface area (Å²) in [6.45, 7) is 2.79. The van der Waals surface area contributed by atoms with Gasteiger partial charge in [0.15, 0.2) is 0 Å². The van der Waals surface area contributed by atoms with Crippen molar-refractivity contribution >= 4 is 29.1 Å². The van der Waals surface area contributed by atoms with Gasteiger partial charge >= 0.3 is 6.18 Å². The molecule has 1 aromatic carbocycles. The van der Waals surface area contributed by atoms with Crippen molar-refractivity contribution in [3.63, 3.8) is 0 Å². The first-order valence-corrected chi connectivity index (χ1v) is 8.32. The maximum absolute atomic E-state index is 12.9. The molecule has 0 radical (unpaired) electrons. The lowest BCUT2D eigenvalue weighted by Gasteiger charge is -2.17. The van der Waals surface area contributed by atoms with Crippen LogP contribution in [0.25, 0.3) is 0 Å². The summed E-state index contributed by atoms with van der Waals surface area (Å²) >= 11 is 5.57. The quantitative estimate of drug-likeness (QED) is 0.785. The van der Waals surface area contributed by atoms with E-state index in [0.29, 0.717) is 5.95 Å². The lowest BCUT2D eigenvalue weighted by Crippen LogP contribution is -2.23. The highest BCUT2D eigenvalue weighted by Gasteiger charge is 2.33. The highest BCUT2D eigenvalue weighted by molar-refractivity contribution is 6.31. The van der Waals surface area contributed by atoms with E-state index in [4.69, 9.17) is 11.6 Å². The Hall–Kier alpha value is -2.35. The normalized spacial score (nSPS) is 11.3. The van der Waals surface area contributed by atoms with Gasteiger partial charge in [0.05, 0.1) is 10.6 Å². The minimum Gasteiger partial charge on any atom is -0.344 e. The molecule has 0 aliphatic carbocycles. The van der Waals surface area contributed by atoms with Crippen molar-refractivity contribution in [3.05, 3.63) is 46.7 Å². The smallest absolute Gasteiger partial charge is 0.344 e. The number of unbranched alkanes of at least 4 members (excludes halogenated alkanes) is 1.